The summed E-state index contributed by atoms with van der Waals surface area (Å²) in [4.78, 5) is 2.35. The standard InChI is InChI=1S/C14H22N2O/c1-9-12(17-4)6-5-11-7-8-16(3)14(10(2)15)13(9)11/h5-6,10,14H,7-8,15H2,1-4H3. The Morgan fingerprint density at radius 1 is 1.47 bits per heavy atom. The molecule has 1 aromatic rings. The molecular formula is C14H22N2O. The minimum atomic E-state index is 0.129. The molecule has 1 aromatic carbocycles. The van der Waals surface area contributed by atoms with Gasteiger partial charge in [-0.1, -0.05) is 6.07 Å². The molecule has 2 N–H and O–H groups in total. The van der Waals surface area contributed by atoms with Crippen molar-refractivity contribution in [3.8, 4) is 5.75 Å². The van der Waals surface area contributed by atoms with Gasteiger partial charge in [0, 0.05) is 18.6 Å². The molecule has 0 saturated carbocycles. The lowest BCUT2D eigenvalue weighted by molar-refractivity contribution is 0.204. The molecular weight excluding hydrogens is 212 g/mol. The van der Waals surface area contributed by atoms with E-state index in [1.165, 1.54) is 16.7 Å². The summed E-state index contributed by atoms with van der Waals surface area (Å²) < 4.78 is 5.42. The van der Waals surface area contributed by atoms with Gasteiger partial charge in [0.25, 0.3) is 0 Å². The highest BCUT2D eigenvalue weighted by atomic mass is 16.5. The van der Waals surface area contributed by atoms with Crippen molar-refractivity contribution in [1.29, 1.82) is 0 Å². The third kappa shape index (κ3) is 2.05. The predicted molar refractivity (Wildman–Crippen MR) is 70.5 cm³/mol. The summed E-state index contributed by atoms with van der Waals surface area (Å²) in [5.74, 6) is 0.963. The van der Waals surface area contributed by atoms with Gasteiger partial charge in [-0.05, 0) is 50.1 Å². The molecule has 0 spiro atoms. The number of likely N-dealkylation sites (N-methyl/N-ethyl adjacent to an activating group) is 1. The molecule has 0 amide bonds. The Labute approximate surface area is 104 Å². The lowest BCUT2D eigenvalue weighted by Crippen LogP contribution is -2.42. The zero-order valence-corrected chi connectivity index (χ0v) is 11.2. The van der Waals surface area contributed by atoms with Crippen LogP contribution in [0.25, 0.3) is 0 Å². The molecule has 0 saturated heterocycles. The van der Waals surface area contributed by atoms with Gasteiger partial charge in [0.2, 0.25) is 0 Å². The summed E-state index contributed by atoms with van der Waals surface area (Å²) in [5.41, 5.74) is 10.2. The van der Waals surface area contributed by atoms with E-state index < -0.39 is 0 Å². The normalized spacial score (nSPS) is 22.1. The van der Waals surface area contributed by atoms with Crippen molar-refractivity contribution in [1.82, 2.24) is 4.90 Å². The van der Waals surface area contributed by atoms with E-state index in [0.717, 1.165) is 18.7 Å². The molecule has 1 aliphatic rings. The zero-order chi connectivity index (χ0) is 12.6. The summed E-state index contributed by atoms with van der Waals surface area (Å²) in [7, 11) is 3.87. The second kappa shape index (κ2) is 4.67. The van der Waals surface area contributed by atoms with Gasteiger partial charge in [0.15, 0.2) is 0 Å². The van der Waals surface area contributed by atoms with Crippen LogP contribution in [0.15, 0.2) is 12.1 Å². The molecule has 3 heteroatoms. The van der Waals surface area contributed by atoms with Gasteiger partial charge in [0.05, 0.1) is 7.11 Å². The highest BCUT2D eigenvalue weighted by molar-refractivity contribution is 5.47. The fourth-order valence-electron chi connectivity index (χ4n) is 2.94. The third-order valence-corrected chi connectivity index (χ3v) is 3.78. The van der Waals surface area contributed by atoms with E-state index in [-0.39, 0.29) is 6.04 Å². The molecule has 17 heavy (non-hydrogen) atoms. The van der Waals surface area contributed by atoms with Crippen molar-refractivity contribution in [2.75, 3.05) is 20.7 Å². The maximum atomic E-state index is 6.15. The van der Waals surface area contributed by atoms with Gasteiger partial charge in [-0.25, -0.2) is 0 Å². The highest BCUT2D eigenvalue weighted by Crippen LogP contribution is 2.36. The quantitative estimate of drug-likeness (QED) is 0.849. The van der Waals surface area contributed by atoms with Crippen LogP contribution in [0.2, 0.25) is 0 Å². The summed E-state index contributed by atoms with van der Waals surface area (Å²) in [6, 6.07) is 4.68. The van der Waals surface area contributed by atoms with E-state index in [1.54, 1.807) is 7.11 Å². The van der Waals surface area contributed by atoms with Gasteiger partial charge in [-0.2, -0.15) is 0 Å². The first-order valence-electron chi connectivity index (χ1n) is 6.18. The van der Waals surface area contributed by atoms with Crippen LogP contribution in [0.1, 0.15) is 29.7 Å². The van der Waals surface area contributed by atoms with Crippen molar-refractivity contribution in [3.63, 3.8) is 0 Å². The molecule has 94 valence electrons. The Hall–Kier alpha value is -1.06. The minimum absolute atomic E-state index is 0.129. The molecule has 0 fully saturated rings. The number of hydrogen-bond acceptors (Lipinski definition) is 3. The molecule has 0 bridgehead atoms. The Morgan fingerprint density at radius 2 is 2.18 bits per heavy atom. The summed E-state index contributed by atoms with van der Waals surface area (Å²) in [6.07, 6.45) is 1.10. The van der Waals surface area contributed by atoms with Crippen molar-refractivity contribution < 1.29 is 4.74 Å². The van der Waals surface area contributed by atoms with E-state index in [1.807, 2.05) is 0 Å². The van der Waals surface area contributed by atoms with E-state index in [4.69, 9.17) is 10.5 Å². The number of ether oxygens (including phenoxy) is 1. The average molecular weight is 234 g/mol. The third-order valence-electron chi connectivity index (χ3n) is 3.78. The molecule has 3 nitrogen and oxygen atoms in total. The molecule has 1 aliphatic heterocycles. The van der Waals surface area contributed by atoms with Crippen molar-refractivity contribution in [2.45, 2.75) is 32.4 Å². The fraction of sp³-hybridized carbons (Fsp3) is 0.571. The van der Waals surface area contributed by atoms with Gasteiger partial charge in [-0.3, -0.25) is 4.90 Å². The van der Waals surface area contributed by atoms with Crippen LogP contribution in [0, 0.1) is 6.92 Å². The first-order chi connectivity index (χ1) is 8.06. The zero-order valence-electron chi connectivity index (χ0n) is 11.2. The maximum Gasteiger partial charge on any atom is 0.122 e. The van der Waals surface area contributed by atoms with Crippen LogP contribution in [0.5, 0.6) is 5.75 Å². The second-order valence-corrected chi connectivity index (χ2v) is 5.00. The van der Waals surface area contributed by atoms with E-state index >= 15 is 0 Å². The molecule has 0 aromatic heterocycles. The molecule has 0 aliphatic carbocycles. The second-order valence-electron chi connectivity index (χ2n) is 5.00. The van der Waals surface area contributed by atoms with E-state index in [0.29, 0.717) is 6.04 Å². The molecule has 1 heterocycles. The number of methoxy groups -OCH3 is 1. The van der Waals surface area contributed by atoms with Crippen LogP contribution >= 0.6 is 0 Å². The number of nitrogens with zero attached hydrogens (tertiary/aromatic N) is 1. The van der Waals surface area contributed by atoms with Gasteiger partial charge in [-0.15, -0.1) is 0 Å². The number of nitrogens with two attached hydrogens (primary N) is 1. The predicted octanol–water partition coefficient (Wildman–Crippen LogP) is 1.88. The van der Waals surface area contributed by atoms with Crippen LogP contribution in [0.4, 0.5) is 0 Å². The average Bonchev–Trinajstić information content (AvgIpc) is 2.29. The van der Waals surface area contributed by atoms with Crippen molar-refractivity contribution in [3.05, 3.63) is 28.8 Å². The first kappa shape index (κ1) is 12.4. The molecule has 0 radical (unpaired) electrons. The number of hydrogen-bond donors (Lipinski definition) is 1. The van der Waals surface area contributed by atoms with Crippen LogP contribution in [-0.2, 0) is 6.42 Å². The Balaban J connectivity index is 2.56. The number of rotatable bonds is 2. The Kier molecular flexibility index (Phi) is 3.40. The lowest BCUT2D eigenvalue weighted by Gasteiger charge is -2.38. The first-order valence-corrected chi connectivity index (χ1v) is 6.18. The minimum Gasteiger partial charge on any atom is -0.496 e. The van der Waals surface area contributed by atoms with Crippen molar-refractivity contribution in [2.24, 2.45) is 5.73 Å². The smallest absolute Gasteiger partial charge is 0.122 e. The lowest BCUT2D eigenvalue weighted by atomic mass is 9.86. The maximum absolute atomic E-state index is 6.15. The monoisotopic (exact) mass is 234 g/mol. The summed E-state index contributed by atoms with van der Waals surface area (Å²) in [5, 5.41) is 0. The van der Waals surface area contributed by atoms with Crippen LogP contribution < -0.4 is 10.5 Å². The van der Waals surface area contributed by atoms with E-state index in [9.17, 15) is 0 Å². The molecule has 2 unspecified atom stereocenters. The highest BCUT2D eigenvalue weighted by Gasteiger charge is 2.29. The summed E-state index contributed by atoms with van der Waals surface area (Å²) in [6.45, 7) is 5.28. The molecule has 2 rings (SSSR count). The summed E-state index contributed by atoms with van der Waals surface area (Å²) >= 11 is 0. The number of fused-ring (bicyclic) bond motifs is 1. The van der Waals surface area contributed by atoms with Crippen LogP contribution in [-0.4, -0.2) is 31.6 Å². The van der Waals surface area contributed by atoms with Gasteiger partial charge < -0.3 is 10.5 Å². The van der Waals surface area contributed by atoms with Crippen molar-refractivity contribution >= 4 is 0 Å². The SMILES string of the molecule is COc1ccc2c(c1C)C(C(C)N)N(C)CC2. The number of benzene rings is 1. The van der Waals surface area contributed by atoms with E-state index in [2.05, 4.69) is 37.9 Å². The topological polar surface area (TPSA) is 38.5 Å². The Bertz CT molecular complexity index is 415. The fourth-order valence-corrected chi connectivity index (χ4v) is 2.94. The Morgan fingerprint density at radius 3 is 2.76 bits per heavy atom. The molecule has 2 atom stereocenters. The largest absolute Gasteiger partial charge is 0.496 e. The van der Waals surface area contributed by atoms with Crippen LogP contribution in [0.3, 0.4) is 0 Å². The van der Waals surface area contributed by atoms with Gasteiger partial charge in [0.1, 0.15) is 5.75 Å². The van der Waals surface area contributed by atoms with Gasteiger partial charge >= 0.3 is 0 Å².